The van der Waals surface area contributed by atoms with Crippen molar-refractivity contribution in [3.8, 4) is 0 Å². The molecule has 0 amide bonds. The maximum Gasteiger partial charge on any atom is 0.243 e. The predicted molar refractivity (Wildman–Crippen MR) is 105 cm³/mol. The topological polar surface area (TPSA) is 74.8 Å². The predicted octanol–water partition coefficient (Wildman–Crippen LogP) is 2.28. The lowest BCUT2D eigenvalue weighted by atomic mass is 10.1. The van der Waals surface area contributed by atoms with Crippen LogP contribution in [0.4, 0.5) is 4.39 Å². The molecule has 1 heterocycles. The zero-order valence-electron chi connectivity index (χ0n) is 15.8. The number of sulfonamides is 2. The van der Waals surface area contributed by atoms with E-state index in [2.05, 4.69) is 0 Å². The van der Waals surface area contributed by atoms with Gasteiger partial charge in [0.15, 0.2) is 0 Å². The van der Waals surface area contributed by atoms with Gasteiger partial charge in [-0.1, -0.05) is 18.2 Å². The highest BCUT2D eigenvalue weighted by atomic mass is 32.2. The van der Waals surface area contributed by atoms with E-state index >= 15 is 0 Å². The second-order valence-corrected chi connectivity index (χ2v) is 10.8. The fourth-order valence-electron chi connectivity index (χ4n) is 3.09. The third kappa shape index (κ3) is 4.43. The molecule has 9 heteroatoms. The van der Waals surface area contributed by atoms with Crippen molar-refractivity contribution in [2.75, 3.05) is 26.2 Å². The van der Waals surface area contributed by atoms with E-state index < -0.39 is 25.9 Å². The summed E-state index contributed by atoms with van der Waals surface area (Å²) < 4.78 is 66.5. The molecule has 6 nitrogen and oxygen atoms in total. The maximum absolute atomic E-state index is 13.0. The van der Waals surface area contributed by atoms with Crippen LogP contribution in [-0.4, -0.2) is 51.6 Å². The standard InChI is InChI=1S/C19H23FN2O4S2/c1-15-3-8-19(13-16(15)2)28(25,26)22-11-9-21(10-12-22)27(23,24)14-17-4-6-18(20)7-5-17/h3-8,13H,9-12,14H2,1-2H3. The van der Waals surface area contributed by atoms with Crippen molar-refractivity contribution in [3.05, 3.63) is 65.0 Å². The summed E-state index contributed by atoms with van der Waals surface area (Å²) >= 11 is 0. The van der Waals surface area contributed by atoms with Gasteiger partial charge in [-0.25, -0.2) is 21.2 Å². The number of aryl methyl sites for hydroxylation is 2. The highest BCUT2D eigenvalue weighted by molar-refractivity contribution is 7.89. The number of hydrogen-bond acceptors (Lipinski definition) is 4. The van der Waals surface area contributed by atoms with Crippen LogP contribution in [0.3, 0.4) is 0 Å². The monoisotopic (exact) mass is 426 g/mol. The Bertz CT molecular complexity index is 1060. The number of hydrogen-bond donors (Lipinski definition) is 0. The highest BCUT2D eigenvalue weighted by Crippen LogP contribution is 2.22. The van der Waals surface area contributed by atoms with E-state index in [1.807, 2.05) is 13.8 Å². The SMILES string of the molecule is Cc1ccc(S(=O)(=O)N2CCN(S(=O)(=O)Cc3ccc(F)cc3)CC2)cc1C. The summed E-state index contributed by atoms with van der Waals surface area (Å²) in [7, 11) is -7.27. The van der Waals surface area contributed by atoms with E-state index in [0.717, 1.165) is 11.1 Å². The molecular formula is C19H23FN2O4S2. The van der Waals surface area contributed by atoms with Gasteiger partial charge in [0.2, 0.25) is 20.0 Å². The normalized spacial score (nSPS) is 17.0. The summed E-state index contributed by atoms with van der Waals surface area (Å²) in [5.74, 6) is -0.664. The molecule has 0 aliphatic carbocycles. The summed E-state index contributed by atoms with van der Waals surface area (Å²) in [6.07, 6.45) is 0. The molecule has 152 valence electrons. The Balaban J connectivity index is 1.69. The fourth-order valence-corrected chi connectivity index (χ4v) is 6.12. The number of piperazine rings is 1. The molecule has 1 aliphatic heterocycles. The van der Waals surface area contributed by atoms with Crippen molar-refractivity contribution in [1.82, 2.24) is 8.61 Å². The zero-order chi connectivity index (χ0) is 20.5. The number of benzene rings is 2. The minimum absolute atomic E-state index is 0.0909. The minimum Gasteiger partial charge on any atom is -0.212 e. The van der Waals surface area contributed by atoms with E-state index in [1.165, 1.54) is 32.9 Å². The van der Waals surface area contributed by atoms with Crippen molar-refractivity contribution < 1.29 is 21.2 Å². The first kappa shape index (κ1) is 20.9. The average molecular weight is 427 g/mol. The first-order valence-electron chi connectivity index (χ1n) is 8.89. The van der Waals surface area contributed by atoms with Crippen LogP contribution >= 0.6 is 0 Å². The van der Waals surface area contributed by atoms with Crippen LogP contribution in [0.2, 0.25) is 0 Å². The van der Waals surface area contributed by atoms with Crippen LogP contribution in [0.5, 0.6) is 0 Å². The van der Waals surface area contributed by atoms with Gasteiger partial charge in [0.25, 0.3) is 0 Å². The van der Waals surface area contributed by atoms with Crippen LogP contribution < -0.4 is 0 Å². The Morgan fingerprint density at radius 3 is 1.96 bits per heavy atom. The number of nitrogens with zero attached hydrogens (tertiary/aromatic N) is 2. The summed E-state index contributed by atoms with van der Waals surface area (Å²) in [5, 5.41) is 0. The molecule has 2 aromatic carbocycles. The molecule has 3 rings (SSSR count). The minimum atomic E-state index is -3.66. The van der Waals surface area contributed by atoms with Crippen LogP contribution in [-0.2, 0) is 25.8 Å². The van der Waals surface area contributed by atoms with Crippen LogP contribution in [0.1, 0.15) is 16.7 Å². The van der Waals surface area contributed by atoms with E-state index in [1.54, 1.807) is 18.2 Å². The zero-order valence-corrected chi connectivity index (χ0v) is 17.4. The van der Waals surface area contributed by atoms with E-state index in [-0.39, 0.29) is 36.8 Å². The molecule has 1 saturated heterocycles. The van der Waals surface area contributed by atoms with Crippen molar-refractivity contribution in [1.29, 1.82) is 0 Å². The first-order valence-corrected chi connectivity index (χ1v) is 11.9. The van der Waals surface area contributed by atoms with E-state index in [9.17, 15) is 21.2 Å². The van der Waals surface area contributed by atoms with Crippen molar-refractivity contribution in [2.24, 2.45) is 0 Å². The second kappa shape index (κ2) is 7.90. The van der Waals surface area contributed by atoms with Gasteiger partial charge >= 0.3 is 0 Å². The third-order valence-electron chi connectivity index (χ3n) is 4.97. The summed E-state index contributed by atoms with van der Waals surface area (Å²) in [6, 6.07) is 10.3. The van der Waals surface area contributed by atoms with Crippen LogP contribution in [0.25, 0.3) is 0 Å². The van der Waals surface area contributed by atoms with Gasteiger partial charge in [-0.15, -0.1) is 0 Å². The molecule has 0 spiro atoms. The Morgan fingerprint density at radius 2 is 1.39 bits per heavy atom. The molecule has 0 saturated carbocycles. The van der Waals surface area contributed by atoms with Gasteiger partial charge in [-0.05, 0) is 54.8 Å². The molecule has 0 atom stereocenters. The number of rotatable bonds is 5. The Hall–Kier alpha value is -1.81. The Kier molecular flexibility index (Phi) is 5.90. The maximum atomic E-state index is 13.0. The van der Waals surface area contributed by atoms with Gasteiger partial charge < -0.3 is 0 Å². The molecule has 0 unspecified atom stereocenters. The number of halogens is 1. The lowest BCUT2D eigenvalue weighted by molar-refractivity contribution is 0.272. The molecule has 1 fully saturated rings. The third-order valence-corrected chi connectivity index (χ3v) is 8.71. The second-order valence-electron chi connectivity index (χ2n) is 6.93. The Morgan fingerprint density at radius 1 is 0.821 bits per heavy atom. The lowest BCUT2D eigenvalue weighted by Gasteiger charge is -2.33. The molecule has 0 aromatic heterocycles. The lowest BCUT2D eigenvalue weighted by Crippen LogP contribution is -2.50. The highest BCUT2D eigenvalue weighted by Gasteiger charge is 2.33. The first-order chi connectivity index (χ1) is 13.1. The van der Waals surface area contributed by atoms with Crippen LogP contribution in [0, 0.1) is 19.7 Å². The molecule has 0 bridgehead atoms. The van der Waals surface area contributed by atoms with Gasteiger partial charge in [-0.2, -0.15) is 8.61 Å². The van der Waals surface area contributed by atoms with Crippen molar-refractivity contribution >= 4 is 20.0 Å². The molecule has 0 radical (unpaired) electrons. The van der Waals surface area contributed by atoms with Gasteiger partial charge in [-0.3, -0.25) is 0 Å². The van der Waals surface area contributed by atoms with Crippen molar-refractivity contribution in [2.45, 2.75) is 24.5 Å². The molecule has 28 heavy (non-hydrogen) atoms. The summed E-state index contributed by atoms with van der Waals surface area (Å²) in [6.45, 7) is 4.14. The van der Waals surface area contributed by atoms with E-state index in [4.69, 9.17) is 0 Å². The molecule has 2 aromatic rings. The Labute approximate surface area is 165 Å². The summed E-state index contributed by atoms with van der Waals surface area (Å²) in [5.41, 5.74) is 2.39. The van der Waals surface area contributed by atoms with Gasteiger partial charge in [0, 0.05) is 26.2 Å². The average Bonchev–Trinajstić information content (AvgIpc) is 2.65. The largest absolute Gasteiger partial charge is 0.243 e. The van der Waals surface area contributed by atoms with Gasteiger partial charge in [0.05, 0.1) is 10.6 Å². The van der Waals surface area contributed by atoms with Crippen LogP contribution in [0.15, 0.2) is 47.4 Å². The quantitative estimate of drug-likeness (QED) is 0.735. The smallest absolute Gasteiger partial charge is 0.212 e. The summed E-state index contributed by atoms with van der Waals surface area (Å²) in [4.78, 5) is 0.221. The fraction of sp³-hybridized carbons (Fsp3) is 0.368. The molecule has 0 N–H and O–H groups in total. The van der Waals surface area contributed by atoms with Crippen molar-refractivity contribution in [3.63, 3.8) is 0 Å². The molecule has 1 aliphatic rings. The van der Waals surface area contributed by atoms with E-state index in [0.29, 0.717) is 5.56 Å². The van der Waals surface area contributed by atoms with Gasteiger partial charge in [0.1, 0.15) is 5.82 Å². The molecular weight excluding hydrogens is 403 g/mol.